The number of imidazole rings is 1. The van der Waals surface area contributed by atoms with Crippen molar-refractivity contribution < 1.29 is 9.90 Å². The van der Waals surface area contributed by atoms with Crippen molar-refractivity contribution in [3.8, 4) is 11.4 Å². The highest BCUT2D eigenvalue weighted by Crippen LogP contribution is 2.26. The van der Waals surface area contributed by atoms with E-state index in [1.807, 2.05) is 12.1 Å². The number of hydrogen-bond donors (Lipinski definition) is 2. The molecule has 2 N–H and O–H groups in total. The smallest absolute Gasteiger partial charge is 0.303 e. The predicted octanol–water partition coefficient (Wildman–Crippen LogP) is 3.37. The molecule has 0 bridgehead atoms. The first-order chi connectivity index (χ1) is 13.3. The van der Waals surface area contributed by atoms with Crippen molar-refractivity contribution in [2.75, 3.05) is 0 Å². The van der Waals surface area contributed by atoms with Gasteiger partial charge in [0.1, 0.15) is 11.3 Å². The Kier molecular flexibility index (Phi) is 4.33. The van der Waals surface area contributed by atoms with Crippen LogP contribution >= 0.6 is 0 Å². The van der Waals surface area contributed by atoms with Crippen LogP contribution in [0.3, 0.4) is 0 Å². The van der Waals surface area contributed by atoms with E-state index in [9.17, 15) is 4.79 Å². The standard InChI is InChI=1S/C20H22N6O2/c1-20(2,3)13-9-7-12(8-10-13)17-24-19-16-18(22-11-21-16)23-14(26(19)25-17)5-4-6-15(27)28/h7-11H,4-6H2,1-3H3,(H,21,22)(H,27,28). The second-order valence-corrected chi connectivity index (χ2v) is 7.87. The van der Waals surface area contributed by atoms with Gasteiger partial charge in [0.15, 0.2) is 17.1 Å². The summed E-state index contributed by atoms with van der Waals surface area (Å²) in [5, 5.41) is 13.6. The number of carbonyl (C=O) groups is 1. The summed E-state index contributed by atoms with van der Waals surface area (Å²) in [6, 6.07) is 8.24. The molecule has 4 rings (SSSR count). The molecule has 144 valence electrons. The molecule has 3 heterocycles. The largest absolute Gasteiger partial charge is 0.481 e. The number of hydrogen-bond acceptors (Lipinski definition) is 5. The lowest BCUT2D eigenvalue weighted by molar-refractivity contribution is -0.137. The fraction of sp³-hybridized carbons (Fsp3) is 0.350. The zero-order valence-electron chi connectivity index (χ0n) is 16.1. The molecule has 3 aromatic heterocycles. The lowest BCUT2D eigenvalue weighted by Gasteiger charge is -2.18. The molecule has 0 radical (unpaired) electrons. The molecule has 0 aliphatic carbocycles. The van der Waals surface area contributed by atoms with Gasteiger partial charge in [-0.05, 0) is 17.4 Å². The van der Waals surface area contributed by atoms with E-state index in [0.29, 0.717) is 41.3 Å². The molecule has 0 fully saturated rings. The molecular weight excluding hydrogens is 356 g/mol. The Hall–Kier alpha value is -3.29. The third-order valence-electron chi connectivity index (χ3n) is 4.73. The number of nitrogens with one attached hydrogen (secondary N) is 1. The number of carboxylic acids is 1. The molecule has 0 spiro atoms. The number of H-pyrrole nitrogens is 1. The van der Waals surface area contributed by atoms with Gasteiger partial charge in [0.2, 0.25) is 0 Å². The summed E-state index contributed by atoms with van der Waals surface area (Å²) >= 11 is 0. The molecular formula is C20H22N6O2. The maximum atomic E-state index is 10.8. The quantitative estimate of drug-likeness (QED) is 0.551. The molecule has 0 atom stereocenters. The fourth-order valence-electron chi connectivity index (χ4n) is 3.16. The maximum Gasteiger partial charge on any atom is 0.303 e. The zero-order chi connectivity index (χ0) is 19.9. The number of rotatable bonds is 5. The molecule has 1 aromatic carbocycles. The molecule has 0 saturated heterocycles. The van der Waals surface area contributed by atoms with Gasteiger partial charge >= 0.3 is 5.97 Å². The van der Waals surface area contributed by atoms with Crippen molar-refractivity contribution in [2.24, 2.45) is 0 Å². The number of nitrogens with zero attached hydrogens (tertiary/aromatic N) is 5. The molecule has 28 heavy (non-hydrogen) atoms. The van der Waals surface area contributed by atoms with Crippen LogP contribution in [0.1, 0.15) is 45.0 Å². The van der Waals surface area contributed by atoms with Crippen molar-refractivity contribution in [2.45, 2.75) is 45.4 Å². The van der Waals surface area contributed by atoms with Crippen molar-refractivity contribution in [3.05, 3.63) is 42.0 Å². The van der Waals surface area contributed by atoms with Crippen LogP contribution in [0, 0.1) is 0 Å². The molecule has 8 nitrogen and oxygen atoms in total. The minimum Gasteiger partial charge on any atom is -0.481 e. The summed E-state index contributed by atoms with van der Waals surface area (Å²) in [5.74, 6) is 0.431. The summed E-state index contributed by atoms with van der Waals surface area (Å²) in [5.41, 5.74) is 4.15. The third kappa shape index (κ3) is 3.33. The Morgan fingerprint density at radius 2 is 1.93 bits per heavy atom. The van der Waals surface area contributed by atoms with E-state index in [1.54, 1.807) is 10.8 Å². The molecule has 0 aliphatic heterocycles. The average Bonchev–Trinajstić information content (AvgIpc) is 3.27. The SMILES string of the molecule is CC(C)(C)c1ccc(-c2nc3c4[nH]cnc4nc(CCCC(=O)O)n3n2)cc1. The normalized spacial score (nSPS) is 12.1. The average molecular weight is 378 g/mol. The van der Waals surface area contributed by atoms with Crippen molar-refractivity contribution in [1.82, 2.24) is 29.5 Å². The molecule has 0 amide bonds. The zero-order valence-corrected chi connectivity index (χ0v) is 16.1. The molecule has 4 aromatic rings. The van der Waals surface area contributed by atoms with Gasteiger partial charge in [-0.3, -0.25) is 4.79 Å². The molecule has 8 heteroatoms. The second-order valence-electron chi connectivity index (χ2n) is 7.87. The second kappa shape index (κ2) is 6.70. The van der Waals surface area contributed by atoms with E-state index < -0.39 is 5.97 Å². The van der Waals surface area contributed by atoms with E-state index in [1.165, 1.54) is 5.56 Å². The molecule has 0 aliphatic rings. The van der Waals surface area contributed by atoms with Gasteiger partial charge in [-0.2, -0.15) is 4.52 Å². The van der Waals surface area contributed by atoms with Crippen LogP contribution < -0.4 is 0 Å². The first-order valence-corrected chi connectivity index (χ1v) is 9.24. The summed E-state index contributed by atoms with van der Waals surface area (Å²) in [6.07, 6.45) is 2.61. The Morgan fingerprint density at radius 1 is 1.18 bits per heavy atom. The monoisotopic (exact) mass is 378 g/mol. The maximum absolute atomic E-state index is 10.8. The number of carboxylic acid groups (broad SMARTS) is 1. The number of benzene rings is 1. The minimum absolute atomic E-state index is 0.0776. The van der Waals surface area contributed by atoms with E-state index in [2.05, 4.69) is 53.0 Å². The van der Waals surface area contributed by atoms with E-state index >= 15 is 0 Å². The molecule has 0 saturated carbocycles. The number of fused-ring (bicyclic) bond motifs is 3. The summed E-state index contributed by atoms with van der Waals surface area (Å²) < 4.78 is 1.69. The van der Waals surface area contributed by atoms with Crippen LogP contribution in [0.15, 0.2) is 30.6 Å². The minimum atomic E-state index is -0.824. The van der Waals surface area contributed by atoms with Gasteiger partial charge in [-0.1, -0.05) is 45.0 Å². The van der Waals surface area contributed by atoms with Crippen LogP contribution in [0.5, 0.6) is 0 Å². The van der Waals surface area contributed by atoms with E-state index in [4.69, 9.17) is 10.1 Å². The van der Waals surface area contributed by atoms with Crippen LogP contribution in [-0.2, 0) is 16.6 Å². The van der Waals surface area contributed by atoms with Gasteiger partial charge in [-0.25, -0.2) is 15.0 Å². The van der Waals surface area contributed by atoms with Gasteiger partial charge in [0.25, 0.3) is 0 Å². The van der Waals surface area contributed by atoms with Gasteiger partial charge in [-0.15, -0.1) is 5.10 Å². The lowest BCUT2D eigenvalue weighted by Crippen LogP contribution is -2.10. The predicted molar refractivity (Wildman–Crippen MR) is 105 cm³/mol. The number of aromatic nitrogens is 6. The first-order valence-electron chi connectivity index (χ1n) is 9.24. The van der Waals surface area contributed by atoms with Crippen LogP contribution in [0.25, 0.3) is 28.2 Å². The van der Waals surface area contributed by atoms with Gasteiger partial charge in [0.05, 0.1) is 6.33 Å². The summed E-state index contributed by atoms with van der Waals surface area (Å²) in [6.45, 7) is 6.53. The van der Waals surface area contributed by atoms with E-state index in [0.717, 1.165) is 5.56 Å². The van der Waals surface area contributed by atoms with Crippen molar-refractivity contribution in [1.29, 1.82) is 0 Å². The molecule has 0 unspecified atom stereocenters. The third-order valence-corrected chi connectivity index (χ3v) is 4.73. The highest BCUT2D eigenvalue weighted by Gasteiger charge is 2.17. The van der Waals surface area contributed by atoms with Crippen molar-refractivity contribution in [3.63, 3.8) is 0 Å². The first kappa shape index (κ1) is 18.1. The van der Waals surface area contributed by atoms with Gasteiger partial charge < -0.3 is 10.1 Å². The topological polar surface area (TPSA) is 109 Å². The number of aromatic amines is 1. The Bertz CT molecular complexity index is 1150. The Labute approximate surface area is 161 Å². The lowest BCUT2D eigenvalue weighted by atomic mass is 9.87. The van der Waals surface area contributed by atoms with Crippen molar-refractivity contribution >= 4 is 22.8 Å². The van der Waals surface area contributed by atoms with Crippen LogP contribution in [0.2, 0.25) is 0 Å². The number of aryl methyl sites for hydroxylation is 1. The highest BCUT2D eigenvalue weighted by molar-refractivity contribution is 5.85. The van der Waals surface area contributed by atoms with Crippen LogP contribution in [-0.4, -0.2) is 40.6 Å². The van der Waals surface area contributed by atoms with Crippen LogP contribution in [0.4, 0.5) is 0 Å². The summed E-state index contributed by atoms with van der Waals surface area (Å²) in [4.78, 5) is 27.4. The van der Waals surface area contributed by atoms with E-state index in [-0.39, 0.29) is 11.8 Å². The highest BCUT2D eigenvalue weighted by atomic mass is 16.4. The number of aliphatic carboxylic acids is 1. The Balaban J connectivity index is 1.77. The van der Waals surface area contributed by atoms with Gasteiger partial charge in [0, 0.05) is 18.4 Å². The fourth-order valence-corrected chi connectivity index (χ4v) is 3.16. The Morgan fingerprint density at radius 3 is 2.61 bits per heavy atom. The summed E-state index contributed by atoms with van der Waals surface area (Å²) in [7, 11) is 0.